The molecule has 1 aromatic heterocycles. The minimum absolute atomic E-state index is 0.0209. The number of hydrogen-bond donors (Lipinski definition) is 1. The molecule has 0 aliphatic heterocycles. The predicted octanol–water partition coefficient (Wildman–Crippen LogP) is 3.94. The van der Waals surface area contributed by atoms with Gasteiger partial charge < -0.3 is 9.72 Å². The van der Waals surface area contributed by atoms with Gasteiger partial charge in [0.2, 0.25) is 0 Å². The van der Waals surface area contributed by atoms with Crippen LogP contribution in [0.25, 0.3) is 11.1 Å². The number of ether oxygens (including phenoxy) is 1. The van der Waals surface area contributed by atoms with E-state index in [1.165, 1.54) is 6.07 Å². The first kappa shape index (κ1) is 16.5. The highest BCUT2D eigenvalue weighted by molar-refractivity contribution is 5.75. The van der Waals surface area contributed by atoms with Gasteiger partial charge in [-0.15, -0.1) is 0 Å². The lowest BCUT2D eigenvalue weighted by atomic mass is 10.00. The van der Waals surface area contributed by atoms with Gasteiger partial charge in [0.1, 0.15) is 29.8 Å². The van der Waals surface area contributed by atoms with Crippen LogP contribution in [0.15, 0.2) is 59.4 Å². The lowest BCUT2D eigenvalue weighted by Crippen LogP contribution is -2.13. The number of aromatic amines is 1. The first-order valence-electron chi connectivity index (χ1n) is 7.70. The van der Waals surface area contributed by atoms with Crippen molar-refractivity contribution in [3.05, 3.63) is 87.6 Å². The fourth-order valence-corrected chi connectivity index (χ4v) is 2.60. The summed E-state index contributed by atoms with van der Waals surface area (Å²) in [5.74, 6) is 0.136. The lowest BCUT2D eigenvalue weighted by Gasteiger charge is -2.13. The fraction of sp³-hybridized carbons (Fsp3) is 0.100. The molecule has 0 atom stereocenters. The zero-order valence-electron chi connectivity index (χ0n) is 13.5. The molecule has 0 fully saturated rings. The van der Waals surface area contributed by atoms with E-state index in [0.29, 0.717) is 28.1 Å². The molecular formula is C20H15FN2O2. The van der Waals surface area contributed by atoms with Crippen LogP contribution < -0.4 is 10.3 Å². The van der Waals surface area contributed by atoms with Crippen molar-refractivity contribution in [2.75, 3.05) is 0 Å². The highest BCUT2D eigenvalue weighted by Gasteiger charge is 2.14. The molecule has 1 N–H and O–H groups in total. The molecule has 124 valence electrons. The van der Waals surface area contributed by atoms with Gasteiger partial charge in [-0.3, -0.25) is 4.79 Å². The van der Waals surface area contributed by atoms with Crippen molar-refractivity contribution in [2.24, 2.45) is 0 Å². The number of halogens is 1. The molecule has 0 unspecified atom stereocenters. The number of H-pyrrole nitrogens is 1. The van der Waals surface area contributed by atoms with Gasteiger partial charge in [-0.05, 0) is 25.1 Å². The second kappa shape index (κ2) is 7.02. The zero-order valence-corrected chi connectivity index (χ0v) is 13.5. The number of para-hydroxylation sites is 1. The van der Waals surface area contributed by atoms with Crippen LogP contribution in [-0.4, -0.2) is 4.98 Å². The third-order valence-corrected chi connectivity index (χ3v) is 3.80. The SMILES string of the molecule is Cc1cc(-c2ccccc2OCc2ccccc2F)c(C#N)c(=O)[nH]1. The smallest absolute Gasteiger partial charge is 0.266 e. The van der Waals surface area contributed by atoms with Gasteiger partial charge in [0.15, 0.2) is 0 Å². The van der Waals surface area contributed by atoms with Gasteiger partial charge in [0.05, 0.1) is 0 Å². The maximum atomic E-state index is 13.8. The number of aryl methyl sites for hydroxylation is 1. The number of aromatic nitrogens is 1. The molecule has 1 heterocycles. The van der Waals surface area contributed by atoms with Gasteiger partial charge in [-0.25, -0.2) is 4.39 Å². The van der Waals surface area contributed by atoms with Crippen molar-refractivity contribution in [2.45, 2.75) is 13.5 Å². The monoisotopic (exact) mass is 334 g/mol. The Morgan fingerprint density at radius 3 is 2.60 bits per heavy atom. The summed E-state index contributed by atoms with van der Waals surface area (Å²) >= 11 is 0. The molecular weight excluding hydrogens is 319 g/mol. The molecule has 2 aromatic carbocycles. The van der Waals surface area contributed by atoms with E-state index in [1.54, 1.807) is 55.5 Å². The van der Waals surface area contributed by atoms with Crippen molar-refractivity contribution in [1.82, 2.24) is 4.98 Å². The van der Waals surface area contributed by atoms with E-state index in [-0.39, 0.29) is 18.0 Å². The molecule has 0 bridgehead atoms. The topological polar surface area (TPSA) is 65.9 Å². The van der Waals surface area contributed by atoms with Gasteiger partial charge in [0.25, 0.3) is 5.56 Å². The van der Waals surface area contributed by atoms with Crippen LogP contribution in [0, 0.1) is 24.1 Å². The highest BCUT2D eigenvalue weighted by Crippen LogP contribution is 2.32. The zero-order chi connectivity index (χ0) is 17.8. The number of hydrogen-bond acceptors (Lipinski definition) is 3. The number of rotatable bonds is 4. The van der Waals surface area contributed by atoms with Crippen LogP contribution in [0.3, 0.4) is 0 Å². The van der Waals surface area contributed by atoms with Crippen LogP contribution in [0.2, 0.25) is 0 Å². The molecule has 3 aromatic rings. The maximum Gasteiger partial charge on any atom is 0.266 e. The van der Waals surface area contributed by atoms with Crippen LogP contribution in [0.5, 0.6) is 5.75 Å². The molecule has 25 heavy (non-hydrogen) atoms. The first-order valence-corrected chi connectivity index (χ1v) is 7.70. The molecule has 0 aliphatic carbocycles. The van der Waals surface area contributed by atoms with Crippen LogP contribution in [0.4, 0.5) is 4.39 Å². The lowest BCUT2D eigenvalue weighted by molar-refractivity contribution is 0.301. The number of nitrogens with zero attached hydrogens (tertiary/aromatic N) is 1. The van der Waals surface area contributed by atoms with Crippen molar-refractivity contribution < 1.29 is 9.13 Å². The molecule has 0 spiro atoms. The van der Waals surface area contributed by atoms with Crippen LogP contribution in [-0.2, 0) is 6.61 Å². The molecule has 0 saturated heterocycles. The standard InChI is InChI=1S/C20H15FN2O2/c1-13-10-16(17(11-22)20(24)23-13)15-7-3-5-9-19(15)25-12-14-6-2-4-8-18(14)21/h2-10H,12H2,1H3,(H,23,24). The second-order valence-corrected chi connectivity index (χ2v) is 5.56. The van der Waals surface area contributed by atoms with Gasteiger partial charge in [0, 0.05) is 22.4 Å². The highest BCUT2D eigenvalue weighted by atomic mass is 19.1. The molecule has 0 aliphatic rings. The minimum Gasteiger partial charge on any atom is -0.488 e. The Hall–Kier alpha value is -3.39. The Morgan fingerprint density at radius 1 is 1.12 bits per heavy atom. The van der Waals surface area contributed by atoms with Crippen molar-refractivity contribution in [3.8, 4) is 22.9 Å². The number of benzene rings is 2. The quantitative estimate of drug-likeness (QED) is 0.786. The van der Waals surface area contributed by atoms with Crippen molar-refractivity contribution in [1.29, 1.82) is 5.26 Å². The average molecular weight is 334 g/mol. The Kier molecular flexibility index (Phi) is 4.62. The van der Waals surface area contributed by atoms with E-state index < -0.39 is 5.56 Å². The van der Waals surface area contributed by atoms with E-state index in [4.69, 9.17) is 4.74 Å². The molecule has 0 saturated carbocycles. The van der Waals surface area contributed by atoms with E-state index in [0.717, 1.165) is 0 Å². The van der Waals surface area contributed by atoms with Gasteiger partial charge in [-0.1, -0.05) is 36.4 Å². The first-order chi connectivity index (χ1) is 12.1. The summed E-state index contributed by atoms with van der Waals surface area (Å²) in [5.41, 5.74) is 1.76. The molecule has 0 radical (unpaired) electrons. The van der Waals surface area contributed by atoms with Gasteiger partial charge in [-0.2, -0.15) is 5.26 Å². The van der Waals surface area contributed by atoms with Crippen molar-refractivity contribution >= 4 is 0 Å². The fourth-order valence-electron chi connectivity index (χ4n) is 2.60. The molecule has 0 amide bonds. The Labute approximate surface area is 144 Å². The summed E-state index contributed by atoms with van der Waals surface area (Å²) in [6, 6.07) is 17.1. The third-order valence-electron chi connectivity index (χ3n) is 3.80. The molecule has 4 nitrogen and oxygen atoms in total. The minimum atomic E-state index is -0.443. The largest absolute Gasteiger partial charge is 0.488 e. The average Bonchev–Trinajstić information content (AvgIpc) is 2.61. The summed E-state index contributed by atoms with van der Waals surface area (Å²) in [6.07, 6.45) is 0. The predicted molar refractivity (Wildman–Crippen MR) is 92.7 cm³/mol. The molecule has 5 heteroatoms. The number of pyridine rings is 1. The third kappa shape index (κ3) is 3.43. The summed E-state index contributed by atoms with van der Waals surface area (Å²) in [7, 11) is 0. The Balaban J connectivity index is 2.02. The summed E-state index contributed by atoms with van der Waals surface area (Å²) in [5, 5.41) is 9.33. The Bertz CT molecular complexity index is 1020. The van der Waals surface area contributed by atoms with E-state index >= 15 is 0 Å². The van der Waals surface area contributed by atoms with Crippen LogP contribution >= 0.6 is 0 Å². The summed E-state index contributed by atoms with van der Waals surface area (Å²) < 4.78 is 19.5. The second-order valence-electron chi connectivity index (χ2n) is 5.56. The van der Waals surface area contributed by atoms with E-state index in [1.807, 2.05) is 6.07 Å². The van der Waals surface area contributed by atoms with E-state index in [2.05, 4.69) is 4.98 Å². The van der Waals surface area contributed by atoms with Gasteiger partial charge >= 0.3 is 0 Å². The Morgan fingerprint density at radius 2 is 1.84 bits per heavy atom. The summed E-state index contributed by atoms with van der Waals surface area (Å²) in [6.45, 7) is 1.79. The normalized spacial score (nSPS) is 10.3. The van der Waals surface area contributed by atoms with Crippen molar-refractivity contribution in [3.63, 3.8) is 0 Å². The number of nitrogens with one attached hydrogen (secondary N) is 1. The number of nitriles is 1. The maximum absolute atomic E-state index is 13.8. The van der Waals surface area contributed by atoms with Crippen LogP contribution in [0.1, 0.15) is 16.8 Å². The van der Waals surface area contributed by atoms with E-state index in [9.17, 15) is 14.4 Å². The molecule has 3 rings (SSSR count). The summed E-state index contributed by atoms with van der Waals surface area (Å²) in [4.78, 5) is 14.6.